The number of thiophene rings is 2. The standard InChI is InChI=1S/C14H10BrNOS2/c15-10-6-11(18-8-10)7-16-14(17)13-5-9-3-1-2-4-12(9)19-13/h1-6,8H,7H2,(H,16,17). The van der Waals surface area contributed by atoms with Crippen molar-refractivity contribution < 1.29 is 4.79 Å². The van der Waals surface area contributed by atoms with Gasteiger partial charge in [0.25, 0.3) is 5.91 Å². The van der Waals surface area contributed by atoms with E-state index in [-0.39, 0.29) is 5.91 Å². The number of carbonyl (C=O) groups excluding carboxylic acids is 1. The molecular weight excluding hydrogens is 342 g/mol. The van der Waals surface area contributed by atoms with Gasteiger partial charge in [0.15, 0.2) is 0 Å². The summed E-state index contributed by atoms with van der Waals surface area (Å²) in [5.74, 6) is -0.00859. The molecule has 0 unspecified atom stereocenters. The predicted molar refractivity (Wildman–Crippen MR) is 85.0 cm³/mol. The van der Waals surface area contributed by atoms with Crippen molar-refractivity contribution in [2.75, 3.05) is 0 Å². The van der Waals surface area contributed by atoms with Gasteiger partial charge < -0.3 is 5.32 Å². The van der Waals surface area contributed by atoms with Gasteiger partial charge in [0.05, 0.1) is 11.4 Å². The fraction of sp³-hybridized carbons (Fsp3) is 0.0714. The number of fused-ring (bicyclic) bond motifs is 1. The topological polar surface area (TPSA) is 29.1 Å². The van der Waals surface area contributed by atoms with Gasteiger partial charge in [-0.2, -0.15) is 0 Å². The monoisotopic (exact) mass is 351 g/mol. The Morgan fingerprint density at radius 2 is 2.11 bits per heavy atom. The van der Waals surface area contributed by atoms with E-state index in [1.54, 1.807) is 11.3 Å². The molecule has 5 heteroatoms. The van der Waals surface area contributed by atoms with Gasteiger partial charge in [0.2, 0.25) is 0 Å². The van der Waals surface area contributed by atoms with Crippen molar-refractivity contribution in [1.29, 1.82) is 0 Å². The molecule has 0 aliphatic heterocycles. The Kier molecular flexibility index (Phi) is 3.68. The van der Waals surface area contributed by atoms with Crippen molar-refractivity contribution in [2.24, 2.45) is 0 Å². The zero-order valence-corrected chi connectivity index (χ0v) is 13.1. The second-order valence-electron chi connectivity index (χ2n) is 4.06. The molecular formula is C14H10BrNOS2. The van der Waals surface area contributed by atoms with E-state index in [0.29, 0.717) is 6.54 Å². The van der Waals surface area contributed by atoms with Crippen molar-refractivity contribution >= 4 is 54.6 Å². The van der Waals surface area contributed by atoms with E-state index < -0.39 is 0 Å². The van der Waals surface area contributed by atoms with E-state index in [2.05, 4.69) is 21.2 Å². The van der Waals surface area contributed by atoms with Crippen molar-refractivity contribution in [3.05, 3.63) is 56.0 Å². The van der Waals surface area contributed by atoms with Crippen LogP contribution in [0, 0.1) is 0 Å². The van der Waals surface area contributed by atoms with Crippen LogP contribution in [0.25, 0.3) is 10.1 Å². The maximum atomic E-state index is 12.1. The number of hydrogen-bond donors (Lipinski definition) is 1. The summed E-state index contributed by atoms with van der Waals surface area (Å²) in [6.07, 6.45) is 0. The SMILES string of the molecule is O=C(NCc1cc(Br)cs1)c1cc2ccccc2s1. The van der Waals surface area contributed by atoms with Gasteiger partial charge in [-0.05, 0) is 39.5 Å². The lowest BCUT2D eigenvalue weighted by atomic mass is 10.2. The maximum absolute atomic E-state index is 12.1. The predicted octanol–water partition coefficient (Wildman–Crippen LogP) is 4.66. The molecule has 96 valence electrons. The summed E-state index contributed by atoms with van der Waals surface area (Å²) in [6.45, 7) is 0.573. The second kappa shape index (κ2) is 5.45. The Morgan fingerprint density at radius 3 is 2.84 bits per heavy atom. The Morgan fingerprint density at radius 1 is 1.26 bits per heavy atom. The minimum Gasteiger partial charge on any atom is -0.346 e. The van der Waals surface area contributed by atoms with Crippen LogP contribution in [0.5, 0.6) is 0 Å². The van der Waals surface area contributed by atoms with Gasteiger partial charge in [-0.1, -0.05) is 18.2 Å². The summed E-state index contributed by atoms with van der Waals surface area (Å²) in [5, 5.41) is 6.09. The summed E-state index contributed by atoms with van der Waals surface area (Å²) >= 11 is 6.57. The third kappa shape index (κ3) is 2.88. The molecule has 0 bridgehead atoms. The highest BCUT2D eigenvalue weighted by atomic mass is 79.9. The zero-order valence-electron chi connectivity index (χ0n) is 9.85. The number of halogens is 1. The van der Waals surface area contributed by atoms with Crippen LogP contribution in [0.4, 0.5) is 0 Å². The van der Waals surface area contributed by atoms with Crippen LogP contribution in [-0.2, 0) is 6.54 Å². The van der Waals surface area contributed by atoms with E-state index in [4.69, 9.17) is 0 Å². The molecule has 1 amide bonds. The smallest absolute Gasteiger partial charge is 0.261 e. The van der Waals surface area contributed by atoms with Crippen molar-refractivity contribution in [3.8, 4) is 0 Å². The minimum atomic E-state index is -0.00859. The molecule has 3 aromatic rings. The number of nitrogens with one attached hydrogen (secondary N) is 1. The molecule has 0 aliphatic rings. The molecule has 0 fully saturated rings. The quantitative estimate of drug-likeness (QED) is 0.730. The first-order valence-electron chi connectivity index (χ1n) is 5.72. The molecule has 0 atom stereocenters. The third-order valence-electron chi connectivity index (χ3n) is 2.69. The molecule has 1 N–H and O–H groups in total. The average Bonchev–Trinajstić information content (AvgIpc) is 3.01. The molecule has 1 aromatic carbocycles. The Bertz CT molecular complexity index is 699. The van der Waals surface area contributed by atoms with Crippen molar-refractivity contribution in [2.45, 2.75) is 6.54 Å². The molecule has 0 radical (unpaired) electrons. The Balaban J connectivity index is 1.73. The van der Waals surface area contributed by atoms with E-state index in [1.165, 1.54) is 11.3 Å². The summed E-state index contributed by atoms with van der Waals surface area (Å²) in [6, 6.07) is 12.0. The van der Waals surface area contributed by atoms with Crippen LogP contribution in [0.15, 0.2) is 46.3 Å². The van der Waals surface area contributed by atoms with Crippen LogP contribution in [0.1, 0.15) is 14.5 Å². The molecule has 19 heavy (non-hydrogen) atoms. The molecule has 2 heterocycles. The first-order valence-corrected chi connectivity index (χ1v) is 8.21. The number of amides is 1. The Hall–Kier alpha value is -1.17. The molecule has 3 rings (SSSR count). The van der Waals surface area contributed by atoms with Crippen LogP contribution >= 0.6 is 38.6 Å². The van der Waals surface area contributed by atoms with Gasteiger partial charge in [-0.25, -0.2) is 0 Å². The van der Waals surface area contributed by atoms with E-state index in [0.717, 1.165) is 24.3 Å². The molecule has 0 aliphatic carbocycles. The summed E-state index contributed by atoms with van der Waals surface area (Å²) < 4.78 is 2.20. The largest absolute Gasteiger partial charge is 0.346 e. The minimum absolute atomic E-state index is 0.00859. The molecule has 0 spiro atoms. The van der Waals surface area contributed by atoms with Gasteiger partial charge in [0.1, 0.15) is 0 Å². The molecule has 0 saturated carbocycles. The fourth-order valence-electron chi connectivity index (χ4n) is 1.79. The fourth-order valence-corrected chi connectivity index (χ4v) is 4.16. The highest BCUT2D eigenvalue weighted by molar-refractivity contribution is 9.10. The normalized spacial score (nSPS) is 10.8. The van der Waals surface area contributed by atoms with Gasteiger partial charge >= 0.3 is 0 Å². The number of hydrogen-bond acceptors (Lipinski definition) is 3. The maximum Gasteiger partial charge on any atom is 0.261 e. The van der Waals surface area contributed by atoms with Crippen LogP contribution in [0.2, 0.25) is 0 Å². The van der Waals surface area contributed by atoms with Crippen LogP contribution < -0.4 is 5.32 Å². The highest BCUT2D eigenvalue weighted by Gasteiger charge is 2.10. The second-order valence-corrected chi connectivity index (χ2v) is 7.06. The number of rotatable bonds is 3. The summed E-state index contributed by atoms with van der Waals surface area (Å²) in [7, 11) is 0. The third-order valence-corrected chi connectivity index (χ3v) is 5.51. The first-order chi connectivity index (χ1) is 9.22. The van der Waals surface area contributed by atoms with Crippen LogP contribution in [0.3, 0.4) is 0 Å². The van der Waals surface area contributed by atoms with Crippen molar-refractivity contribution in [3.63, 3.8) is 0 Å². The highest BCUT2D eigenvalue weighted by Crippen LogP contribution is 2.25. The lowest BCUT2D eigenvalue weighted by molar-refractivity contribution is 0.0955. The lowest BCUT2D eigenvalue weighted by Crippen LogP contribution is -2.21. The van der Waals surface area contributed by atoms with Crippen molar-refractivity contribution in [1.82, 2.24) is 5.32 Å². The van der Waals surface area contributed by atoms with E-state index in [9.17, 15) is 4.79 Å². The number of benzene rings is 1. The van der Waals surface area contributed by atoms with E-state index in [1.807, 2.05) is 41.8 Å². The van der Waals surface area contributed by atoms with Gasteiger partial charge in [-0.15, -0.1) is 22.7 Å². The molecule has 0 saturated heterocycles. The lowest BCUT2D eigenvalue weighted by Gasteiger charge is -2.00. The number of carbonyl (C=O) groups is 1. The molecule has 2 aromatic heterocycles. The Labute approximate surface area is 127 Å². The first kappa shape index (κ1) is 12.8. The van der Waals surface area contributed by atoms with Gasteiger partial charge in [-0.3, -0.25) is 4.79 Å². The summed E-state index contributed by atoms with van der Waals surface area (Å²) in [4.78, 5) is 14.0. The summed E-state index contributed by atoms with van der Waals surface area (Å²) in [5.41, 5.74) is 0. The van der Waals surface area contributed by atoms with Crippen LogP contribution in [-0.4, -0.2) is 5.91 Å². The van der Waals surface area contributed by atoms with E-state index >= 15 is 0 Å². The van der Waals surface area contributed by atoms with Gasteiger partial charge in [0, 0.05) is 19.4 Å². The molecule has 2 nitrogen and oxygen atoms in total. The average molecular weight is 352 g/mol. The zero-order chi connectivity index (χ0) is 13.2.